The molecule has 6 rings (SSSR count). The molecule has 0 bridgehead atoms. The van der Waals surface area contributed by atoms with E-state index in [1.807, 2.05) is 27.7 Å². The largest absolute Gasteiger partial charge is 0.342 e. The molecule has 6 fully saturated rings. The third-order valence-electron chi connectivity index (χ3n) is 14.6. The fraction of sp³-hybridized carbons (Fsp3) is 0.842. The standard InChI is InChI=1S/C38H61N5O6S.ClH/c1-8-16-35(19-20-35)50(48,49)42-32(47)38(21-25(38)9-2)41-29(44)26-22-37(34(6,7)36(37)17-13-18-36)23-43(26)31(46)28(33(3,4)5)40-30(45)27(39)24-14-11-10-12-15-24;/h9,24-28H,2,8,10-23,39H2,1,3-7H3,(H,40,45)(H,41,44)(H,42,47);1H/t25-,26+,27+,28-,37-,38-;/m1./s1. The SMILES string of the molecule is C=C[C@@H]1C[C@]1(NC(=O)[C@@H]1C[C@@]2(CN1C(=O)[C@@H](NC(=O)[C@@H](N)C1CCCCC1)C(C)(C)C)C(C)(C)C21CCC1)C(=O)NS(=O)(=O)C1(CCC)CC1.Cl. The number of hydrogen-bond donors (Lipinski definition) is 4. The number of halogens is 1. The second kappa shape index (κ2) is 13.3. The quantitative estimate of drug-likeness (QED) is 0.213. The van der Waals surface area contributed by atoms with Crippen LogP contribution in [0.15, 0.2) is 12.7 Å². The van der Waals surface area contributed by atoms with Crippen LogP contribution in [-0.2, 0) is 29.2 Å². The van der Waals surface area contributed by atoms with Gasteiger partial charge in [-0.2, -0.15) is 0 Å². The summed E-state index contributed by atoms with van der Waals surface area (Å²) in [5.74, 6) is -2.27. The minimum absolute atomic E-state index is 0. The van der Waals surface area contributed by atoms with Crippen LogP contribution >= 0.6 is 12.4 Å². The van der Waals surface area contributed by atoms with Crippen LogP contribution in [0.5, 0.6) is 0 Å². The van der Waals surface area contributed by atoms with Gasteiger partial charge in [0.25, 0.3) is 5.91 Å². The van der Waals surface area contributed by atoms with Gasteiger partial charge in [-0.3, -0.25) is 23.9 Å². The van der Waals surface area contributed by atoms with Gasteiger partial charge in [-0.25, -0.2) is 8.42 Å². The molecule has 1 aliphatic heterocycles. The maximum absolute atomic E-state index is 14.8. The van der Waals surface area contributed by atoms with E-state index in [0.29, 0.717) is 38.6 Å². The first-order valence-electron chi connectivity index (χ1n) is 19.2. The number of carbonyl (C=O) groups excluding carboxylic acids is 4. The van der Waals surface area contributed by atoms with E-state index in [0.717, 1.165) is 51.4 Å². The molecule has 0 aromatic heterocycles. The van der Waals surface area contributed by atoms with Crippen molar-refractivity contribution in [2.45, 2.75) is 160 Å². The molecule has 6 atom stereocenters. The monoisotopic (exact) mass is 751 g/mol. The lowest BCUT2D eigenvalue weighted by molar-refractivity contribution is -0.145. The van der Waals surface area contributed by atoms with Crippen LogP contribution in [0.4, 0.5) is 0 Å². The molecular weight excluding hydrogens is 690 g/mol. The van der Waals surface area contributed by atoms with E-state index >= 15 is 0 Å². The van der Waals surface area contributed by atoms with Crippen LogP contribution in [0.1, 0.15) is 131 Å². The van der Waals surface area contributed by atoms with Gasteiger partial charge in [0.15, 0.2) is 0 Å². The van der Waals surface area contributed by atoms with Crippen LogP contribution < -0.4 is 21.1 Å². The Morgan fingerprint density at radius 1 is 0.980 bits per heavy atom. The van der Waals surface area contributed by atoms with Gasteiger partial charge in [0.1, 0.15) is 17.6 Å². The summed E-state index contributed by atoms with van der Waals surface area (Å²) in [4.78, 5) is 58.4. The molecule has 11 nitrogen and oxygen atoms in total. The van der Waals surface area contributed by atoms with Crippen LogP contribution in [0, 0.1) is 33.5 Å². The fourth-order valence-corrected chi connectivity index (χ4v) is 12.5. The molecule has 5 saturated carbocycles. The zero-order valence-corrected chi connectivity index (χ0v) is 33.2. The Morgan fingerprint density at radius 3 is 2.08 bits per heavy atom. The number of fused-ring (bicyclic) bond motifs is 1. The Balaban J connectivity index is 0.00000504. The van der Waals surface area contributed by atoms with Gasteiger partial charge in [-0.05, 0) is 80.0 Å². The number of nitrogens with one attached hydrogen (secondary N) is 3. The third kappa shape index (κ3) is 6.15. The molecule has 13 heteroatoms. The Labute approximate surface area is 311 Å². The van der Waals surface area contributed by atoms with Crippen molar-refractivity contribution in [1.82, 2.24) is 20.3 Å². The number of nitrogens with two attached hydrogens (primary N) is 1. The first-order chi connectivity index (χ1) is 23.3. The van der Waals surface area contributed by atoms with Crippen LogP contribution in [0.2, 0.25) is 0 Å². The van der Waals surface area contributed by atoms with E-state index in [1.54, 1.807) is 11.0 Å². The van der Waals surface area contributed by atoms with Gasteiger partial charge < -0.3 is 21.3 Å². The van der Waals surface area contributed by atoms with Gasteiger partial charge in [-0.15, -0.1) is 19.0 Å². The molecule has 1 saturated heterocycles. The molecule has 51 heavy (non-hydrogen) atoms. The van der Waals surface area contributed by atoms with E-state index in [9.17, 15) is 27.6 Å². The Kier molecular flexibility index (Phi) is 10.4. The van der Waals surface area contributed by atoms with Crippen molar-refractivity contribution < 1.29 is 27.6 Å². The number of likely N-dealkylation sites (tertiary alicyclic amines) is 1. The highest BCUT2D eigenvalue weighted by Crippen LogP contribution is 2.88. The zero-order chi connectivity index (χ0) is 36.7. The lowest BCUT2D eigenvalue weighted by atomic mass is 9.73. The molecule has 0 radical (unpaired) electrons. The number of rotatable bonds is 12. The van der Waals surface area contributed by atoms with E-state index in [4.69, 9.17) is 5.73 Å². The summed E-state index contributed by atoms with van der Waals surface area (Å²) in [5, 5.41) is 6.00. The second-order valence-electron chi connectivity index (χ2n) is 18.4. The normalized spacial score (nSPS) is 32.5. The van der Waals surface area contributed by atoms with Gasteiger partial charge in [0.05, 0.1) is 10.8 Å². The number of amides is 4. The molecule has 0 unspecified atom stereocenters. The average Bonchev–Trinajstić information content (AvgIpc) is 3.96. The number of sulfonamides is 1. The fourth-order valence-electron chi connectivity index (χ4n) is 10.7. The molecule has 2 spiro atoms. The van der Waals surface area contributed by atoms with Crippen LogP contribution in [0.3, 0.4) is 0 Å². The van der Waals surface area contributed by atoms with Gasteiger partial charge in [0, 0.05) is 17.9 Å². The van der Waals surface area contributed by atoms with E-state index in [1.165, 1.54) is 0 Å². The molecule has 5 aliphatic carbocycles. The lowest BCUT2D eigenvalue weighted by Gasteiger charge is -2.37. The number of carbonyl (C=O) groups is 4. The van der Waals surface area contributed by atoms with Crippen molar-refractivity contribution in [1.29, 1.82) is 0 Å². The maximum Gasteiger partial charge on any atom is 0.259 e. The first kappa shape index (κ1) is 40.0. The molecule has 4 amide bonds. The van der Waals surface area contributed by atoms with Crippen molar-refractivity contribution in [2.24, 2.45) is 39.2 Å². The van der Waals surface area contributed by atoms with Gasteiger partial charge >= 0.3 is 0 Å². The van der Waals surface area contributed by atoms with Gasteiger partial charge in [-0.1, -0.05) is 79.7 Å². The van der Waals surface area contributed by atoms with E-state index < -0.39 is 61.6 Å². The summed E-state index contributed by atoms with van der Waals surface area (Å²) >= 11 is 0. The van der Waals surface area contributed by atoms with Crippen molar-refractivity contribution in [3.05, 3.63) is 12.7 Å². The highest BCUT2D eigenvalue weighted by molar-refractivity contribution is 7.91. The number of nitrogens with zero attached hydrogens (tertiary/aromatic N) is 1. The van der Waals surface area contributed by atoms with E-state index in [-0.39, 0.29) is 52.8 Å². The topological polar surface area (TPSA) is 168 Å². The van der Waals surface area contributed by atoms with Crippen molar-refractivity contribution in [3.8, 4) is 0 Å². The van der Waals surface area contributed by atoms with Gasteiger partial charge in [0.2, 0.25) is 27.7 Å². The number of hydrogen-bond acceptors (Lipinski definition) is 7. The Hall–Kier alpha value is -2.18. The summed E-state index contributed by atoms with van der Waals surface area (Å²) in [6.45, 7) is 16.3. The zero-order valence-electron chi connectivity index (χ0n) is 31.6. The predicted octanol–water partition coefficient (Wildman–Crippen LogP) is 4.48. The van der Waals surface area contributed by atoms with Crippen molar-refractivity contribution in [2.75, 3.05) is 6.54 Å². The summed E-state index contributed by atoms with van der Waals surface area (Å²) in [6.07, 6.45) is 12.6. The second-order valence-corrected chi connectivity index (χ2v) is 20.5. The smallest absolute Gasteiger partial charge is 0.259 e. The van der Waals surface area contributed by atoms with Crippen molar-refractivity contribution >= 4 is 46.1 Å². The summed E-state index contributed by atoms with van der Waals surface area (Å²) in [6, 6.07) is -2.53. The van der Waals surface area contributed by atoms with Crippen molar-refractivity contribution in [3.63, 3.8) is 0 Å². The first-order valence-corrected chi connectivity index (χ1v) is 20.6. The predicted molar refractivity (Wildman–Crippen MR) is 199 cm³/mol. The summed E-state index contributed by atoms with van der Waals surface area (Å²) < 4.78 is 28.2. The Bertz CT molecular complexity index is 1550. The third-order valence-corrected chi connectivity index (χ3v) is 16.8. The molecule has 288 valence electrons. The molecule has 0 aromatic rings. The Morgan fingerprint density at radius 2 is 1.61 bits per heavy atom. The average molecular weight is 752 g/mol. The molecule has 5 N–H and O–H groups in total. The maximum atomic E-state index is 14.8. The summed E-state index contributed by atoms with van der Waals surface area (Å²) in [7, 11) is -3.95. The molecule has 0 aromatic carbocycles. The molecular formula is C38H62ClN5O6S. The van der Waals surface area contributed by atoms with Crippen LogP contribution in [0.25, 0.3) is 0 Å². The van der Waals surface area contributed by atoms with E-state index in [2.05, 4.69) is 35.8 Å². The highest BCUT2D eigenvalue weighted by Gasteiger charge is 2.85. The molecule has 6 aliphatic rings. The summed E-state index contributed by atoms with van der Waals surface area (Å²) in [5.41, 5.74) is 4.01. The highest BCUT2D eigenvalue weighted by atomic mass is 35.5. The molecule has 1 heterocycles. The van der Waals surface area contributed by atoms with Crippen LogP contribution in [-0.4, -0.2) is 71.9 Å². The minimum Gasteiger partial charge on any atom is -0.342 e. The minimum atomic E-state index is -3.95. The lowest BCUT2D eigenvalue weighted by Crippen LogP contribution is -2.61.